The van der Waals surface area contributed by atoms with Gasteiger partial charge >= 0.3 is 292 Å². The number of rotatable bonds is 6. The van der Waals surface area contributed by atoms with Crippen molar-refractivity contribution >= 4 is 49.0 Å². The molecule has 6 heteroatoms. The van der Waals surface area contributed by atoms with Crippen LogP contribution in [0.15, 0.2) is 84.9 Å². The van der Waals surface area contributed by atoms with Gasteiger partial charge in [-0.2, -0.15) is 0 Å². The molecule has 4 aromatic carbocycles. The molecule has 0 N–H and O–H groups in total. The Labute approximate surface area is 289 Å². The molecule has 46 heavy (non-hydrogen) atoms. The van der Waals surface area contributed by atoms with Gasteiger partial charge in [0.25, 0.3) is 0 Å². The number of halogens is 2. The molecule has 0 fully saturated rings. The van der Waals surface area contributed by atoms with E-state index in [4.69, 9.17) is 17.0 Å². The number of benzene rings is 4. The van der Waals surface area contributed by atoms with Gasteiger partial charge in [-0.1, -0.05) is 0 Å². The second-order valence-electron chi connectivity index (χ2n) is 17.4. The summed E-state index contributed by atoms with van der Waals surface area (Å²) in [4.78, 5) is 0. The molecule has 0 nitrogen and oxygen atoms in total. The van der Waals surface area contributed by atoms with Crippen molar-refractivity contribution in [1.82, 2.24) is 0 Å². The van der Waals surface area contributed by atoms with Crippen LogP contribution in [0.1, 0.15) is 36.1 Å². The standard InChI is InChI=1S/2C19H23Si.C2H6Si.2ClH.Zr/c2*1-14-12-16-6-5-7-18(19(16)13-14)15-8-10-17(11-9-15)20(2,3)4;1-3-2;;;/h2*5-11H,12-13H2,1-4H3;1-2H3;2*1H;/q;;;;;+2/p-2. The van der Waals surface area contributed by atoms with Crippen molar-refractivity contribution in [3.05, 3.63) is 107 Å². The van der Waals surface area contributed by atoms with Crippen LogP contribution in [0.5, 0.6) is 0 Å². The van der Waals surface area contributed by atoms with Gasteiger partial charge in [0.1, 0.15) is 0 Å². The van der Waals surface area contributed by atoms with Crippen LogP contribution in [-0.4, -0.2) is 21.6 Å². The SMILES string of the molecule is C[Si](C)=[Zr]([Cl])([Cl])([C]1(C)Cc2cccc(-c3ccc([Si](C)(C)C)cc3)c2C1)[C]1(C)Cc2cccc(-c3ccc([Si](C)(C)C)cc3)c2C1. The predicted octanol–water partition coefficient (Wildman–Crippen LogP) is 11.6. The van der Waals surface area contributed by atoms with E-state index in [2.05, 4.69) is 151 Å². The van der Waals surface area contributed by atoms with Gasteiger partial charge < -0.3 is 0 Å². The fourth-order valence-electron chi connectivity index (χ4n) is 9.16. The monoisotopic (exact) mass is 776 g/mol. The van der Waals surface area contributed by atoms with E-state index in [-0.39, 0.29) is 6.25 Å². The Bertz CT molecular complexity index is 1770. The molecule has 2 unspecified atom stereocenters. The average molecular weight is 779 g/mol. The zero-order chi connectivity index (χ0) is 33.5. The predicted molar refractivity (Wildman–Crippen MR) is 210 cm³/mol. The van der Waals surface area contributed by atoms with E-state index in [0.717, 1.165) is 25.7 Å². The molecule has 0 aliphatic heterocycles. The quantitative estimate of drug-likeness (QED) is 0.171. The summed E-state index contributed by atoms with van der Waals surface area (Å²) >= 11 is -4.64. The van der Waals surface area contributed by atoms with Crippen LogP contribution in [-0.2, 0) is 40.7 Å². The van der Waals surface area contributed by atoms with Gasteiger partial charge in [0.05, 0.1) is 0 Å². The van der Waals surface area contributed by atoms with Gasteiger partial charge in [-0.15, -0.1) is 0 Å². The molecule has 2 aliphatic carbocycles. The van der Waals surface area contributed by atoms with Gasteiger partial charge in [-0.05, 0) is 0 Å². The van der Waals surface area contributed by atoms with E-state index in [9.17, 15) is 0 Å². The van der Waals surface area contributed by atoms with Crippen molar-refractivity contribution < 1.29 is 15.0 Å². The van der Waals surface area contributed by atoms with Gasteiger partial charge in [-0.25, -0.2) is 0 Å². The second-order valence-corrected chi connectivity index (χ2v) is 67.6. The maximum atomic E-state index is 8.57. The normalized spacial score (nSPS) is 21.7. The fraction of sp³-hybridized carbons (Fsp3) is 0.400. The third kappa shape index (κ3) is 5.35. The van der Waals surface area contributed by atoms with Crippen LogP contribution in [0.4, 0.5) is 0 Å². The van der Waals surface area contributed by atoms with E-state index in [1.165, 1.54) is 54.9 Å². The minimum absolute atomic E-state index is 0.102. The molecule has 0 amide bonds. The van der Waals surface area contributed by atoms with Crippen LogP contribution in [0.2, 0.25) is 58.6 Å². The summed E-state index contributed by atoms with van der Waals surface area (Å²) in [6.07, 6.45) is 3.96. The van der Waals surface area contributed by atoms with Crippen LogP contribution in [0.3, 0.4) is 0 Å². The minimum atomic E-state index is -4.64. The first kappa shape index (κ1) is 34.8. The first-order chi connectivity index (χ1) is 21.3. The average Bonchev–Trinajstić information content (AvgIpc) is 3.54. The molecule has 242 valence electrons. The van der Waals surface area contributed by atoms with E-state index >= 15 is 0 Å². The van der Waals surface area contributed by atoms with Crippen LogP contribution < -0.4 is 10.4 Å². The fourth-order valence-corrected chi connectivity index (χ4v) is 45.4. The maximum absolute atomic E-state index is 8.57. The van der Waals surface area contributed by atoms with Crippen molar-refractivity contribution in [1.29, 1.82) is 0 Å². The molecular formula is C40H52Cl2Si3Zr. The molecule has 0 heterocycles. The summed E-state index contributed by atoms with van der Waals surface area (Å²) in [6.45, 7) is 24.4. The van der Waals surface area contributed by atoms with E-state index in [0.29, 0.717) is 0 Å². The summed E-state index contributed by atoms with van der Waals surface area (Å²) in [5.74, 6) is 0. The van der Waals surface area contributed by atoms with Gasteiger partial charge in [-0.3, -0.25) is 0 Å². The molecule has 0 saturated heterocycles. The summed E-state index contributed by atoms with van der Waals surface area (Å²) in [7, 11) is 14.4. The van der Waals surface area contributed by atoms with E-state index in [1.54, 1.807) is 0 Å². The number of fused-ring (bicyclic) bond motifs is 2. The van der Waals surface area contributed by atoms with Crippen molar-refractivity contribution in [2.45, 2.75) is 98.2 Å². The molecule has 2 aliphatic rings. The number of hydrogen-bond acceptors (Lipinski definition) is 0. The number of hydrogen-bond donors (Lipinski definition) is 0. The van der Waals surface area contributed by atoms with Gasteiger partial charge in [0, 0.05) is 0 Å². The van der Waals surface area contributed by atoms with Crippen LogP contribution in [0.25, 0.3) is 22.3 Å². The van der Waals surface area contributed by atoms with Crippen molar-refractivity contribution in [2.24, 2.45) is 0 Å². The van der Waals surface area contributed by atoms with Crippen LogP contribution in [0, 0.1) is 0 Å². The third-order valence-electron chi connectivity index (χ3n) is 12.0. The van der Waals surface area contributed by atoms with Crippen molar-refractivity contribution in [3.63, 3.8) is 0 Å². The Morgan fingerprint density at radius 2 is 0.891 bits per heavy atom. The van der Waals surface area contributed by atoms with E-state index in [1.807, 2.05) is 0 Å². The zero-order valence-corrected chi connectivity index (χ0v) is 36.6. The van der Waals surface area contributed by atoms with E-state index < -0.39 is 36.6 Å². The molecule has 4 aromatic rings. The Morgan fingerprint density at radius 3 is 1.20 bits per heavy atom. The molecular weight excluding hydrogens is 727 g/mol. The Kier molecular flexibility index (Phi) is 8.73. The second kappa shape index (κ2) is 11.5. The molecule has 0 bridgehead atoms. The Balaban J connectivity index is 1.41. The van der Waals surface area contributed by atoms with Gasteiger partial charge in [0.15, 0.2) is 0 Å². The first-order valence-electron chi connectivity index (χ1n) is 17.1. The summed E-state index contributed by atoms with van der Waals surface area (Å²) in [5.41, 5.74) is 10.3. The first-order valence-corrected chi connectivity index (χ1v) is 39.1. The van der Waals surface area contributed by atoms with Crippen molar-refractivity contribution in [3.8, 4) is 22.3 Å². The Morgan fingerprint density at radius 1 is 0.543 bits per heavy atom. The topological polar surface area (TPSA) is 0 Å². The molecule has 0 spiro atoms. The summed E-state index contributed by atoms with van der Waals surface area (Å²) in [5, 5.41) is 3.02. The molecule has 6 rings (SSSR count). The summed E-state index contributed by atoms with van der Waals surface area (Å²) < 4.78 is -0.205. The zero-order valence-electron chi connectivity index (χ0n) is 29.7. The molecule has 2 atom stereocenters. The molecule has 0 radical (unpaired) electrons. The molecule has 0 aromatic heterocycles. The Hall–Kier alpha value is -1.01. The third-order valence-corrected chi connectivity index (χ3v) is 74.3. The van der Waals surface area contributed by atoms with Crippen LogP contribution >= 0.6 is 17.0 Å². The summed E-state index contributed by atoms with van der Waals surface area (Å²) in [6, 6.07) is 32.8. The van der Waals surface area contributed by atoms with Gasteiger partial charge in [0.2, 0.25) is 0 Å². The molecule has 0 saturated carbocycles. The van der Waals surface area contributed by atoms with Crippen molar-refractivity contribution in [2.75, 3.05) is 0 Å².